The zero-order valence-corrected chi connectivity index (χ0v) is 8.98. The Balaban J connectivity index is 1.86. The first-order chi connectivity index (χ1) is 7.51. The summed E-state index contributed by atoms with van der Waals surface area (Å²) in [5.41, 5.74) is 5.15. The quantitative estimate of drug-likeness (QED) is 0.589. The molecular weight excluding hydrogens is 208 g/mol. The fourth-order valence-corrected chi connectivity index (χ4v) is 2.09. The van der Waals surface area contributed by atoms with Crippen molar-refractivity contribution in [3.8, 4) is 0 Å². The van der Waals surface area contributed by atoms with Crippen LogP contribution in [0.3, 0.4) is 0 Å². The minimum atomic E-state index is -0.848. The summed E-state index contributed by atoms with van der Waals surface area (Å²) < 4.78 is 0. The Hall–Kier alpha value is -1.36. The van der Waals surface area contributed by atoms with Gasteiger partial charge < -0.3 is 16.2 Å². The molecule has 1 fully saturated rings. The van der Waals surface area contributed by atoms with Gasteiger partial charge in [0.2, 0.25) is 5.91 Å². The number of rotatable bonds is 3. The number of nitrogens with two attached hydrogens (primary N) is 1. The predicted molar refractivity (Wildman–Crippen MR) is 57.6 cm³/mol. The Kier molecular flexibility index (Phi) is 2.71. The van der Waals surface area contributed by atoms with E-state index in [-0.39, 0.29) is 11.9 Å². The van der Waals surface area contributed by atoms with Crippen molar-refractivity contribution in [1.29, 1.82) is 0 Å². The molecule has 0 saturated heterocycles. The molecule has 1 saturated carbocycles. The molecule has 0 aliphatic heterocycles. The molecule has 2 unspecified atom stereocenters. The Morgan fingerprint density at radius 1 is 1.38 bits per heavy atom. The maximum Gasteiger partial charge on any atom is 0.310 e. The second kappa shape index (κ2) is 3.90. The molecule has 1 amide bonds. The Bertz CT molecular complexity index is 347. The van der Waals surface area contributed by atoms with Gasteiger partial charge in [-0.15, -0.1) is 0 Å². The third-order valence-electron chi connectivity index (χ3n) is 3.42. The van der Waals surface area contributed by atoms with Crippen LogP contribution in [-0.2, 0) is 9.59 Å². The van der Waals surface area contributed by atoms with E-state index in [1.165, 1.54) is 0 Å². The lowest BCUT2D eigenvalue weighted by Gasteiger charge is -2.37. The van der Waals surface area contributed by atoms with Crippen LogP contribution in [0.1, 0.15) is 25.7 Å². The molecule has 0 aromatic carbocycles. The number of aliphatic carboxylic acids is 1. The van der Waals surface area contributed by atoms with Gasteiger partial charge in [-0.1, -0.05) is 12.2 Å². The van der Waals surface area contributed by atoms with Crippen molar-refractivity contribution in [2.75, 3.05) is 0 Å². The van der Waals surface area contributed by atoms with Crippen molar-refractivity contribution in [1.82, 2.24) is 5.32 Å². The average Bonchev–Trinajstić information content (AvgIpc) is 2.62. The van der Waals surface area contributed by atoms with Gasteiger partial charge in [0.15, 0.2) is 0 Å². The first-order valence-electron chi connectivity index (χ1n) is 5.52. The van der Waals surface area contributed by atoms with E-state index >= 15 is 0 Å². The number of carboxylic acid groups (broad SMARTS) is 1. The van der Waals surface area contributed by atoms with Crippen LogP contribution >= 0.6 is 0 Å². The highest BCUT2D eigenvalue weighted by Gasteiger charge is 2.41. The second-order valence-electron chi connectivity index (χ2n) is 4.65. The molecule has 0 aromatic heterocycles. The summed E-state index contributed by atoms with van der Waals surface area (Å²) >= 11 is 0. The van der Waals surface area contributed by atoms with Gasteiger partial charge in [0.05, 0.1) is 11.5 Å². The summed E-state index contributed by atoms with van der Waals surface area (Å²) in [5.74, 6) is -1.49. The molecule has 0 heterocycles. The molecule has 0 aromatic rings. The Labute approximate surface area is 93.7 Å². The Morgan fingerprint density at radius 3 is 2.50 bits per heavy atom. The summed E-state index contributed by atoms with van der Waals surface area (Å²) in [7, 11) is 0. The highest BCUT2D eigenvalue weighted by molar-refractivity contribution is 5.87. The van der Waals surface area contributed by atoms with Gasteiger partial charge in [0, 0.05) is 6.04 Å². The fraction of sp³-hybridized carbons (Fsp3) is 0.636. The summed E-state index contributed by atoms with van der Waals surface area (Å²) in [4.78, 5) is 22.5. The van der Waals surface area contributed by atoms with Crippen LogP contribution in [0.5, 0.6) is 0 Å². The largest absolute Gasteiger partial charge is 0.481 e. The van der Waals surface area contributed by atoms with E-state index in [1.54, 1.807) is 12.2 Å². The van der Waals surface area contributed by atoms with Crippen LogP contribution in [0.2, 0.25) is 0 Å². The number of hydrogen-bond donors (Lipinski definition) is 3. The molecule has 0 spiro atoms. The molecule has 16 heavy (non-hydrogen) atoms. The SMILES string of the molecule is NC1(C(=O)NC2C=CC(C(=O)O)C2)CCC1. The van der Waals surface area contributed by atoms with Crippen molar-refractivity contribution in [2.24, 2.45) is 11.7 Å². The zero-order chi connectivity index (χ0) is 11.8. The van der Waals surface area contributed by atoms with Crippen molar-refractivity contribution >= 4 is 11.9 Å². The molecule has 2 atom stereocenters. The minimum Gasteiger partial charge on any atom is -0.481 e. The normalized spacial score (nSPS) is 30.8. The predicted octanol–water partition coefficient (Wildman–Crippen LogP) is 0.0133. The van der Waals surface area contributed by atoms with Crippen LogP contribution in [0.4, 0.5) is 0 Å². The molecule has 0 bridgehead atoms. The summed E-state index contributed by atoms with van der Waals surface area (Å²) in [6.07, 6.45) is 6.21. The molecule has 2 aliphatic carbocycles. The van der Waals surface area contributed by atoms with Crippen LogP contribution in [-0.4, -0.2) is 28.6 Å². The number of nitrogens with one attached hydrogen (secondary N) is 1. The number of hydrogen-bond acceptors (Lipinski definition) is 3. The van der Waals surface area contributed by atoms with E-state index in [2.05, 4.69) is 5.32 Å². The molecule has 4 N–H and O–H groups in total. The smallest absolute Gasteiger partial charge is 0.310 e. The minimum absolute atomic E-state index is 0.153. The third kappa shape index (κ3) is 1.95. The maximum absolute atomic E-state index is 11.8. The van der Waals surface area contributed by atoms with E-state index < -0.39 is 17.4 Å². The van der Waals surface area contributed by atoms with Crippen molar-refractivity contribution < 1.29 is 14.7 Å². The number of amides is 1. The van der Waals surface area contributed by atoms with Crippen LogP contribution < -0.4 is 11.1 Å². The summed E-state index contributed by atoms with van der Waals surface area (Å²) in [6.45, 7) is 0. The van der Waals surface area contributed by atoms with Gasteiger partial charge in [-0.25, -0.2) is 0 Å². The van der Waals surface area contributed by atoms with Crippen molar-refractivity contribution in [3.05, 3.63) is 12.2 Å². The monoisotopic (exact) mass is 224 g/mol. The van der Waals surface area contributed by atoms with E-state index in [1.807, 2.05) is 0 Å². The van der Waals surface area contributed by atoms with Gasteiger partial charge in [-0.05, 0) is 25.7 Å². The maximum atomic E-state index is 11.8. The van der Waals surface area contributed by atoms with Gasteiger partial charge >= 0.3 is 5.97 Å². The molecule has 2 aliphatic rings. The number of carbonyl (C=O) groups is 2. The number of carbonyl (C=O) groups excluding carboxylic acids is 1. The van der Waals surface area contributed by atoms with Gasteiger partial charge in [0.25, 0.3) is 0 Å². The van der Waals surface area contributed by atoms with Gasteiger partial charge in [-0.3, -0.25) is 9.59 Å². The fourth-order valence-electron chi connectivity index (χ4n) is 2.09. The second-order valence-corrected chi connectivity index (χ2v) is 4.65. The van der Waals surface area contributed by atoms with Crippen molar-refractivity contribution in [2.45, 2.75) is 37.3 Å². The van der Waals surface area contributed by atoms with E-state index in [4.69, 9.17) is 10.8 Å². The molecule has 5 nitrogen and oxygen atoms in total. The van der Waals surface area contributed by atoms with Gasteiger partial charge in [-0.2, -0.15) is 0 Å². The average molecular weight is 224 g/mol. The zero-order valence-electron chi connectivity index (χ0n) is 8.98. The lowest BCUT2D eigenvalue weighted by molar-refractivity contribution is -0.140. The van der Waals surface area contributed by atoms with Gasteiger partial charge in [0.1, 0.15) is 0 Å². The summed E-state index contributed by atoms with van der Waals surface area (Å²) in [6, 6.07) is -0.186. The third-order valence-corrected chi connectivity index (χ3v) is 3.42. The van der Waals surface area contributed by atoms with E-state index in [0.717, 1.165) is 19.3 Å². The molecule has 5 heteroatoms. The first-order valence-corrected chi connectivity index (χ1v) is 5.52. The Morgan fingerprint density at radius 2 is 2.06 bits per heavy atom. The molecular formula is C11H16N2O3. The standard InChI is InChI=1S/C11H16N2O3/c12-11(4-1-5-11)10(16)13-8-3-2-7(6-8)9(14)15/h2-3,7-8H,1,4-6,12H2,(H,13,16)(H,14,15). The van der Waals surface area contributed by atoms with Crippen molar-refractivity contribution in [3.63, 3.8) is 0 Å². The van der Waals surface area contributed by atoms with E-state index in [9.17, 15) is 9.59 Å². The lowest BCUT2D eigenvalue weighted by atomic mass is 9.77. The first kappa shape index (κ1) is 11.1. The molecule has 0 radical (unpaired) electrons. The molecule has 2 rings (SSSR count). The van der Waals surface area contributed by atoms with Crippen LogP contribution in [0.15, 0.2) is 12.2 Å². The molecule has 88 valence electrons. The number of carboxylic acids is 1. The van der Waals surface area contributed by atoms with Crippen LogP contribution in [0.25, 0.3) is 0 Å². The lowest BCUT2D eigenvalue weighted by Crippen LogP contribution is -2.59. The summed E-state index contributed by atoms with van der Waals surface area (Å²) in [5, 5.41) is 11.6. The van der Waals surface area contributed by atoms with Crippen LogP contribution in [0, 0.1) is 5.92 Å². The highest BCUT2D eigenvalue weighted by Crippen LogP contribution is 2.29. The topological polar surface area (TPSA) is 92.4 Å². The highest BCUT2D eigenvalue weighted by atomic mass is 16.4. The van der Waals surface area contributed by atoms with E-state index in [0.29, 0.717) is 6.42 Å².